The van der Waals surface area contributed by atoms with Crippen LogP contribution in [0.5, 0.6) is 0 Å². The Kier molecular flexibility index (Phi) is 5.31. The lowest BCUT2D eigenvalue weighted by atomic mass is 9.72. The molecule has 0 bridgehead atoms. The van der Waals surface area contributed by atoms with Gasteiger partial charge in [0.05, 0.1) is 5.52 Å². The molecule has 0 spiro atoms. The van der Waals surface area contributed by atoms with E-state index in [4.69, 9.17) is 4.74 Å². The minimum atomic E-state index is -0.487. The maximum absolute atomic E-state index is 12.6. The number of fused-ring (bicyclic) bond motifs is 3. The molecule has 0 saturated carbocycles. The third kappa shape index (κ3) is 4.02. The first-order chi connectivity index (χ1) is 12.8. The molecule has 5 heteroatoms. The summed E-state index contributed by atoms with van der Waals surface area (Å²) in [4.78, 5) is 24.4. The number of ether oxygens (including phenoxy) is 1. The Morgan fingerprint density at radius 2 is 2.04 bits per heavy atom. The number of nitrogens with zero attached hydrogens (tertiary/aromatic N) is 1. The van der Waals surface area contributed by atoms with Gasteiger partial charge in [-0.15, -0.1) is 0 Å². The SMILES string of the molecule is CC[C@@]1(CCCNC(=O)OC(C)(C)C)CCC(=O)n2c1cc1ccccc12. The van der Waals surface area contributed by atoms with Gasteiger partial charge in [-0.1, -0.05) is 25.1 Å². The predicted molar refractivity (Wildman–Crippen MR) is 107 cm³/mol. The largest absolute Gasteiger partial charge is 0.444 e. The van der Waals surface area contributed by atoms with Crippen molar-refractivity contribution in [3.63, 3.8) is 0 Å². The zero-order chi connectivity index (χ0) is 19.7. The van der Waals surface area contributed by atoms with Crippen molar-refractivity contribution >= 4 is 22.9 Å². The molecule has 3 rings (SSSR count). The molecule has 1 aromatic heterocycles. The molecule has 1 atom stereocenters. The maximum Gasteiger partial charge on any atom is 0.407 e. The van der Waals surface area contributed by atoms with E-state index >= 15 is 0 Å². The van der Waals surface area contributed by atoms with Crippen molar-refractivity contribution in [2.75, 3.05) is 6.54 Å². The van der Waals surface area contributed by atoms with Crippen LogP contribution in [0.4, 0.5) is 4.79 Å². The monoisotopic (exact) mass is 370 g/mol. The van der Waals surface area contributed by atoms with Gasteiger partial charge in [0.2, 0.25) is 5.91 Å². The number of benzene rings is 1. The molecule has 0 fully saturated rings. The second-order valence-electron chi connectivity index (χ2n) is 8.48. The van der Waals surface area contributed by atoms with Gasteiger partial charge in [0.1, 0.15) is 5.60 Å². The van der Waals surface area contributed by atoms with Gasteiger partial charge < -0.3 is 10.1 Å². The van der Waals surface area contributed by atoms with Crippen LogP contribution in [0.2, 0.25) is 0 Å². The molecule has 1 aromatic carbocycles. The van der Waals surface area contributed by atoms with Crippen LogP contribution in [0, 0.1) is 0 Å². The molecule has 0 aliphatic carbocycles. The first-order valence-corrected chi connectivity index (χ1v) is 9.87. The molecular weight excluding hydrogens is 340 g/mol. The van der Waals surface area contributed by atoms with Crippen molar-refractivity contribution in [1.82, 2.24) is 9.88 Å². The Bertz CT molecular complexity index is 847. The molecule has 1 N–H and O–H groups in total. The zero-order valence-electron chi connectivity index (χ0n) is 16.8. The molecule has 0 unspecified atom stereocenters. The summed E-state index contributed by atoms with van der Waals surface area (Å²) in [5.74, 6) is 0.183. The van der Waals surface area contributed by atoms with E-state index in [0.29, 0.717) is 13.0 Å². The number of para-hydroxylation sites is 1. The second-order valence-corrected chi connectivity index (χ2v) is 8.48. The quantitative estimate of drug-likeness (QED) is 0.751. The van der Waals surface area contributed by atoms with Crippen molar-refractivity contribution in [2.45, 2.75) is 70.8 Å². The number of hydrogen-bond donors (Lipinski definition) is 1. The highest BCUT2D eigenvalue weighted by atomic mass is 16.6. The van der Waals surface area contributed by atoms with E-state index in [1.807, 2.05) is 43.5 Å². The third-order valence-electron chi connectivity index (χ3n) is 5.50. The van der Waals surface area contributed by atoms with Crippen LogP contribution in [-0.4, -0.2) is 28.7 Å². The third-order valence-corrected chi connectivity index (χ3v) is 5.50. The van der Waals surface area contributed by atoms with Gasteiger partial charge in [-0.25, -0.2) is 4.79 Å². The molecule has 1 aliphatic rings. The highest BCUT2D eigenvalue weighted by Gasteiger charge is 2.39. The summed E-state index contributed by atoms with van der Waals surface area (Å²) < 4.78 is 7.21. The van der Waals surface area contributed by atoms with E-state index < -0.39 is 5.60 Å². The molecule has 27 heavy (non-hydrogen) atoms. The van der Waals surface area contributed by atoms with Gasteiger partial charge >= 0.3 is 6.09 Å². The molecular formula is C22H30N2O3. The van der Waals surface area contributed by atoms with Gasteiger partial charge in [-0.2, -0.15) is 0 Å². The van der Waals surface area contributed by atoms with E-state index in [2.05, 4.69) is 24.4 Å². The standard InChI is InChI=1S/C22H30N2O3/c1-5-22(12-8-14-23-20(26)27-21(2,3)4)13-11-19(25)24-17-10-7-6-9-16(17)15-18(22)24/h6-7,9-10,15H,5,8,11-14H2,1-4H3,(H,23,26)/t22-/m1/s1. The predicted octanol–water partition coefficient (Wildman–Crippen LogP) is 5.03. The normalized spacial score (nSPS) is 19.8. The number of amides is 1. The summed E-state index contributed by atoms with van der Waals surface area (Å²) in [7, 11) is 0. The van der Waals surface area contributed by atoms with Crippen molar-refractivity contribution in [3.05, 3.63) is 36.0 Å². The molecule has 1 aliphatic heterocycles. The first kappa shape index (κ1) is 19.5. The Hall–Kier alpha value is -2.30. The van der Waals surface area contributed by atoms with Gasteiger partial charge in [0.25, 0.3) is 0 Å². The number of hydrogen-bond acceptors (Lipinski definition) is 3. The number of carbonyl (C=O) groups is 2. The van der Waals surface area contributed by atoms with Gasteiger partial charge in [-0.3, -0.25) is 9.36 Å². The minimum Gasteiger partial charge on any atom is -0.444 e. The zero-order valence-corrected chi connectivity index (χ0v) is 16.8. The summed E-state index contributed by atoms with van der Waals surface area (Å²) in [6.07, 6.45) is 3.82. The average Bonchev–Trinajstić information content (AvgIpc) is 3.00. The summed E-state index contributed by atoms with van der Waals surface area (Å²) >= 11 is 0. The fraction of sp³-hybridized carbons (Fsp3) is 0.545. The lowest BCUT2D eigenvalue weighted by Crippen LogP contribution is -2.37. The van der Waals surface area contributed by atoms with Gasteiger partial charge in [0, 0.05) is 29.5 Å². The Morgan fingerprint density at radius 3 is 2.74 bits per heavy atom. The van der Waals surface area contributed by atoms with E-state index in [1.54, 1.807) is 0 Å². The smallest absolute Gasteiger partial charge is 0.407 e. The molecule has 5 nitrogen and oxygen atoms in total. The van der Waals surface area contributed by atoms with Crippen LogP contribution in [0.25, 0.3) is 10.9 Å². The van der Waals surface area contributed by atoms with Crippen LogP contribution in [0.3, 0.4) is 0 Å². The number of alkyl carbamates (subject to hydrolysis) is 1. The number of carbonyl (C=O) groups excluding carboxylic acids is 2. The van der Waals surface area contributed by atoms with Crippen molar-refractivity contribution in [1.29, 1.82) is 0 Å². The van der Waals surface area contributed by atoms with E-state index in [1.165, 1.54) is 0 Å². The summed E-state index contributed by atoms with van der Waals surface area (Å²) in [5.41, 5.74) is 1.61. The fourth-order valence-electron chi connectivity index (χ4n) is 4.12. The average molecular weight is 370 g/mol. The van der Waals surface area contributed by atoms with Gasteiger partial charge in [-0.05, 0) is 58.6 Å². The molecule has 0 saturated heterocycles. The van der Waals surface area contributed by atoms with E-state index in [0.717, 1.165) is 42.3 Å². The van der Waals surface area contributed by atoms with Crippen LogP contribution in [-0.2, 0) is 10.2 Å². The van der Waals surface area contributed by atoms with Crippen LogP contribution in [0.1, 0.15) is 70.3 Å². The van der Waals surface area contributed by atoms with Crippen molar-refractivity contribution in [3.8, 4) is 0 Å². The van der Waals surface area contributed by atoms with Crippen molar-refractivity contribution < 1.29 is 14.3 Å². The lowest BCUT2D eigenvalue weighted by Gasteiger charge is -2.37. The molecule has 2 aromatic rings. The number of rotatable bonds is 5. The Balaban J connectivity index is 1.74. The minimum absolute atomic E-state index is 0.0253. The summed E-state index contributed by atoms with van der Waals surface area (Å²) in [6, 6.07) is 10.3. The number of aromatic nitrogens is 1. The molecule has 0 radical (unpaired) electrons. The van der Waals surface area contributed by atoms with Crippen molar-refractivity contribution in [2.24, 2.45) is 0 Å². The summed E-state index contributed by atoms with van der Waals surface area (Å²) in [5, 5.41) is 3.96. The number of nitrogens with one attached hydrogen (secondary N) is 1. The highest BCUT2D eigenvalue weighted by molar-refractivity contribution is 5.95. The highest BCUT2D eigenvalue weighted by Crippen LogP contribution is 2.43. The molecule has 2 heterocycles. The lowest BCUT2D eigenvalue weighted by molar-refractivity contribution is 0.0525. The Morgan fingerprint density at radius 1 is 1.30 bits per heavy atom. The Labute approximate surface area is 161 Å². The van der Waals surface area contributed by atoms with E-state index in [9.17, 15) is 9.59 Å². The van der Waals surface area contributed by atoms with Crippen LogP contribution < -0.4 is 5.32 Å². The second kappa shape index (κ2) is 7.37. The summed E-state index contributed by atoms with van der Waals surface area (Å²) in [6.45, 7) is 8.34. The van der Waals surface area contributed by atoms with E-state index in [-0.39, 0.29) is 17.4 Å². The fourth-order valence-corrected chi connectivity index (χ4v) is 4.12. The van der Waals surface area contributed by atoms with Crippen LogP contribution in [0.15, 0.2) is 30.3 Å². The molecule has 146 valence electrons. The first-order valence-electron chi connectivity index (χ1n) is 9.87. The molecule has 1 amide bonds. The van der Waals surface area contributed by atoms with Gasteiger partial charge in [0.15, 0.2) is 0 Å². The van der Waals surface area contributed by atoms with Crippen LogP contribution >= 0.6 is 0 Å². The maximum atomic E-state index is 12.6. The topological polar surface area (TPSA) is 60.3 Å².